The highest BCUT2D eigenvalue weighted by Gasteiger charge is 2.27. The van der Waals surface area contributed by atoms with Crippen molar-refractivity contribution < 1.29 is 9.90 Å². The molecule has 1 aliphatic carbocycles. The molecule has 1 aliphatic rings. The van der Waals surface area contributed by atoms with Crippen LogP contribution in [0, 0.1) is 0 Å². The molecule has 0 aliphatic heterocycles. The van der Waals surface area contributed by atoms with Gasteiger partial charge in [-0.1, -0.05) is 46.4 Å². The van der Waals surface area contributed by atoms with Crippen LogP contribution in [0.4, 0.5) is 0 Å². The molecule has 25 heavy (non-hydrogen) atoms. The SMILES string of the molecule is O=C(O)c1c2c(nc3c(Cl)cc(Cl)cc13)-c1cc(Cl)c(Cl)cc1CC2. The maximum atomic E-state index is 12.0. The summed E-state index contributed by atoms with van der Waals surface area (Å²) in [5.41, 5.74) is 3.58. The second-order valence-corrected chi connectivity index (χ2v) is 7.48. The molecule has 0 spiro atoms. The van der Waals surface area contributed by atoms with Crippen LogP contribution in [0.1, 0.15) is 21.5 Å². The summed E-state index contributed by atoms with van der Waals surface area (Å²) >= 11 is 24.6. The van der Waals surface area contributed by atoms with Crippen molar-refractivity contribution in [2.45, 2.75) is 12.8 Å². The molecule has 0 amide bonds. The van der Waals surface area contributed by atoms with Crippen molar-refractivity contribution in [1.29, 1.82) is 0 Å². The minimum atomic E-state index is -1.04. The maximum absolute atomic E-state index is 12.0. The molecule has 4 rings (SSSR count). The summed E-state index contributed by atoms with van der Waals surface area (Å²) in [6.45, 7) is 0. The van der Waals surface area contributed by atoms with Crippen molar-refractivity contribution in [2.75, 3.05) is 0 Å². The molecule has 1 heterocycles. The highest BCUT2D eigenvalue weighted by Crippen LogP contribution is 2.41. The Bertz CT molecular complexity index is 1080. The van der Waals surface area contributed by atoms with Crippen molar-refractivity contribution >= 4 is 63.3 Å². The van der Waals surface area contributed by atoms with Crippen LogP contribution >= 0.6 is 46.4 Å². The molecule has 2 aromatic carbocycles. The molecule has 3 aromatic rings. The fourth-order valence-electron chi connectivity index (χ4n) is 3.32. The number of aromatic carboxylic acids is 1. The highest BCUT2D eigenvalue weighted by molar-refractivity contribution is 6.42. The maximum Gasteiger partial charge on any atom is 0.336 e. The number of pyridine rings is 1. The number of carboxylic acids is 1. The number of halogens is 4. The first-order valence-corrected chi connectivity index (χ1v) is 8.91. The van der Waals surface area contributed by atoms with Crippen LogP contribution in [0.3, 0.4) is 0 Å². The van der Waals surface area contributed by atoms with Crippen LogP contribution in [0.2, 0.25) is 20.1 Å². The first-order chi connectivity index (χ1) is 11.9. The fourth-order valence-corrected chi connectivity index (χ4v) is 4.20. The molecule has 1 N–H and O–H groups in total. The van der Waals surface area contributed by atoms with E-state index in [1.807, 2.05) is 0 Å². The number of hydrogen-bond donors (Lipinski definition) is 1. The molecule has 7 heteroatoms. The van der Waals surface area contributed by atoms with Gasteiger partial charge >= 0.3 is 5.97 Å². The van der Waals surface area contributed by atoms with Crippen LogP contribution in [0.15, 0.2) is 24.3 Å². The Kier molecular flexibility index (Phi) is 4.08. The van der Waals surface area contributed by atoms with Gasteiger partial charge in [-0.25, -0.2) is 9.78 Å². The zero-order chi connectivity index (χ0) is 17.9. The predicted octanol–water partition coefficient (Wildman–Crippen LogP) is 6.31. The Morgan fingerprint density at radius 1 is 0.960 bits per heavy atom. The molecule has 3 nitrogen and oxygen atoms in total. The summed E-state index contributed by atoms with van der Waals surface area (Å²) in [6.07, 6.45) is 1.19. The number of nitrogens with zero attached hydrogens (tertiary/aromatic N) is 1. The van der Waals surface area contributed by atoms with E-state index in [0.29, 0.717) is 55.1 Å². The molecular weight excluding hydrogens is 404 g/mol. The summed E-state index contributed by atoms with van der Waals surface area (Å²) in [5.74, 6) is -1.04. The second-order valence-electron chi connectivity index (χ2n) is 5.83. The van der Waals surface area contributed by atoms with Crippen molar-refractivity contribution in [2.24, 2.45) is 0 Å². The number of carboxylic acid groups (broad SMARTS) is 1. The van der Waals surface area contributed by atoms with Crippen LogP contribution in [0.5, 0.6) is 0 Å². The Balaban J connectivity index is 2.16. The molecule has 0 radical (unpaired) electrons. The molecular formula is C18H9Cl4NO2. The van der Waals surface area contributed by atoms with Gasteiger partial charge in [0.05, 0.1) is 31.8 Å². The lowest BCUT2D eigenvalue weighted by Gasteiger charge is -2.23. The summed E-state index contributed by atoms with van der Waals surface area (Å²) in [5, 5.41) is 11.8. The number of aryl methyl sites for hydroxylation is 1. The van der Waals surface area contributed by atoms with E-state index in [9.17, 15) is 9.90 Å². The Morgan fingerprint density at radius 2 is 1.68 bits per heavy atom. The Labute approximate surface area is 163 Å². The van der Waals surface area contributed by atoms with Gasteiger partial charge in [-0.05, 0) is 48.2 Å². The third-order valence-electron chi connectivity index (χ3n) is 4.37. The van der Waals surface area contributed by atoms with Gasteiger partial charge in [-0.3, -0.25) is 0 Å². The zero-order valence-electron chi connectivity index (χ0n) is 12.5. The summed E-state index contributed by atoms with van der Waals surface area (Å²) in [7, 11) is 0. The van der Waals surface area contributed by atoms with Crippen LogP contribution in [0.25, 0.3) is 22.2 Å². The van der Waals surface area contributed by atoms with E-state index in [0.717, 1.165) is 11.1 Å². The molecule has 0 atom stereocenters. The lowest BCUT2D eigenvalue weighted by atomic mass is 9.85. The fraction of sp³-hybridized carbons (Fsp3) is 0.111. The van der Waals surface area contributed by atoms with E-state index < -0.39 is 5.97 Å². The number of aromatic nitrogens is 1. The molecule has 0 fully saturated rings. The number of fused-ring (bicyclic) bond motifs is 4. The van der Waals surface area contributed by atoms with Crippen molar-refractivity contribution in [3.05, 3.63) is 61.0 Å². The largest absolute Gasteiger partial charge is 0.478 e. The first-order valence-electron chi connectivity index (χ1n) is 7.40. The lowest BCUT2D eigenvalue weighted by molar-refractivity contribution is 0.0698. The number of benzene rings is 2. The van der Waals surface area contributed by atoms with Gasteiger partial charge in [-0.15, -0.1) is 0 Å². The van der Waals surface area contributed by atoms with Crippen molar-refractivity contribution in [1.82, 2.24) is 4.98 Å². The van der Waals surface area contributed by atoms with E-state index >= 15 is 0 Å². The third-order valence-corrected chi connectivity index (χ3v) is 5.60. The van der Waals surface area contributed by atoms with Crippen LogP contribution < -0.4 is 0 Å². The number of carbonyl (C=O) groups is 1. The minimum absolute atomic E-state index is 0.182. The summed E-state index contributed by atoms with van der Waals surface area (Å²) in [4.78, 5) is 16.6. The molecule has 1 aromatic heterocycles. The summed E-state index contributed by atoms with van der Waals surface area (Å²) in [6, 6.07) is 6.67. The van der Waals surface area contributed by atoms with Crippen LogP contribution in [-0.4, -0.2) is 16.1 Å². The van der Waals surface area contributed by atoms with E-state index in [-0.39, 0.29) is 5.56 Å². The van der Waals surface area contributed by atoms with Gasteiger partial charge in [0.15, 0.2) is 0 Å². The van der Waals surface area contributed by atoms with Gasteiger partial charge in [0, 0.05) is 16.0 Å². The van der Waals surface area contributed by atoms with E-state index in [1.54, 1.807) is 24.3 Å². The van der Waals surface area contributed by atoms with Gasteiger partial charge in [-0.2, -0.15) is 0 Å². The van der Waals surface area contributed by atoms with Gasteiger partial charge in [0.25, 0.3) is 0 Å². The molecule has 126 valence electrons. The topological polar surface area (TPSA) is 50.2 Å². The Morgan fingerprint density at radius 3 is 2.40 bits per heavy atom. The Hall–Kier alpha value is -1.52. The average molecular weight is 413 g/mol. The minimum Gasteiger partial charge on any atom is -0.478 e. The normalized spacial score (nSPS) is 12.8. The standard InChI is InChI=1S/C18H9Cl4NO2/c19-8-4-11-15(18(24)25)9-2-1-7-3-12(20)13(21)6-10(7)16(9)23-17(11)14(22)5-8/h3-6H,1-2H2,(H,24,25). The van der Waals surface area contributed by atoms with E-state index in [2.05, 4.69) is 4.98 Å². The third kappa shape index (κ3) is 2.67. The van der Waals surface area contributed by atoms with Gasteiger partial charge < -0.3 is 5.11 Å². The highest BCUT2D eigenvalue weighted by atomic mass is 35.5. The van der Waals surface area contributed by atoms with Gasteiger partial charge in [0.2, 0.25) is 0 Å². The van der Waals surface area contributed by atoms with E-state index in [4.69, 9.17) is 46.4 Å². The van der Waals surface area contributed by atoms with Crippen molar-refractivity contribution in [3.8, 4) is 11.3 Å². The second kappa shape index (κ2) is 6.03. The monoisotopic (exact) mass is 411 g/mol. The van der Waals surface area contributed by atoms with Crippen LogP contribution in [-0.2, 0) is 12.8 Å². The molecule has 0 bridgehead atoms. The molecule has 0 saturated carbocycles. The van der Waals surface area contributed by atoms with E-state index in [1.165, 1.54) is 0 Å². The molecule has 0 saturated heterocycles. The first kappa shape index (κ1) is 16.9. The number of rotatable bonds is 1. The van der Waals surface area contributed by atoms with Crippen molar-refractivity contribution in [3.63, 3.8) is 0 Å². The smallest absolute Gasteiger partial charge is 0.336 e. The quantitative estimate of drug-likeness (QED) is 0.509. The average Bonchev–Trinajstić information content (AvgIpc) is 2.54. The van der Waals surface area contributed by atoms with Gasteiger partial charge in [0.1, 0.15) is 0 Å². The zero-order valence-corrected chi connectivity index (χ0v) is 15.6. The number of hydrogen-bond acceptors (Lipinski definition) is 2. The lowest BCUT2D eigenvalue weighted by Crippen LogP contribution is -2.13. The molecule has 0 unspecified atom stereocenters. The predicted molar refractivity (Wildman–Crippen MR) is 102 cm³/mol. The summed E-state index contributed by atoms with van der Waals surface area (Å²) < 4.78 is 0.